The third-order valence-corrected chi connectivity index (χ3v) is 3.47. The molecule has 0 amide bonds. The summed E-state index contributed by atoms with van der Waals surface area (Å²) in [5.74, 6) is 1.26. The Hall–Kier alpha value is -3.35. The Labute approximate surface area is 143 Å². The van der Waals surface area contributed by atoms with E-state index >= 15 is 0 Å². The average molecular weight is 340 g/mol. The molecule has 7 heteroatoms. The SMILES string of the molecule is COc1ccc(OCc2noc(Cc3cccc(C(=O)O)c3)n2)cc1. The zero-order valence-electron chi connectivity index (χ0n) is 13.5. The van der Waals surface area contributed by atoms with Crippen molar-refractivity contribution in [3.05, 3.63) is 71.4 Å². The number of carbonyl (C=O) groups is 1. The molecule has 0 saturated heterocycles. The molecule has 3 aromatic rings. The van der Waals surface area contributed by atoms with Crippen LogP contribution in [0.2, 0.25) is 0 Å². The number of benzene rings is 2. The Kier molecular flexibility index (Phi) is 4.94. The predicted octanol–water partition coefficient (Wildman–Crippen LogP) is 2.95. The quantitative estimate of drug-likeness (QED) is 0.706. The molecule has 2 aromatic carbocycles. The summed E-state index contributed by atoms with van der Waals surface area (Å²) in [6.07, 6.45) is 0.358. The molecule has 128 valence electrons. The van der Waals surface area contributed by atoms with Crippen LogP contribution in [0.25, 0.3) is 0 Å². The molecule has 0 aliphatic rings. The molecule has 0 radical (unpaired) electrons. The van der Waals surface area contributed by atoms with Crippen molar-refractivity contribution in [2.75, 3.05) is 7.11 Å². The third kappa shape index (κ3) is 4.35. The molecule has 1 N–H and O–H groups in total. The van der Waals surface area contributed by atoms with Crippen molar-refractivity contribution in [1.29, 1.82) is 0 Å². The minimum absolute atomic E-state index is 0.172. The predicted molar refractivity (Wildman–Crippen MR) is 87.8 cm³/mol. The number of carboxylic acids is 1. The molecular formula is C18H16N2O5. The molecule has 0 fully saturated rings. The summed E-state index contributed by atoms with van der Waals surface area (Å²) in [6.45, 7) is 0.172. The van der Waals surface area contributed by atoms with Crippen LogP contribution in [0.1, 0.15) is 27.6 Å². The highest BCUT2D eigenvalue weighted by Crippen LogP contribution is 2.18. The Balaban J connectivity index is 1.60. The summed E-state index contributed by atoms with van der Waals surface area (Å²) in [6, 6.07) is 13.8. The number of methoxy groups -OCH3 is 1. The van der Waals surface area contributed by atoms with Crippen LogP contribution in [0, 0.1) is 0 Å². The molecule has 0 atom stereocenters. The summed E-state index contributed by atoms with van der Waals surface area (Å²) in [5, 5.41) is 12.9. The molecule has 0 aliphatic heterocycles. The van der Waals surface area contributed by atoms with Gasteiger partial charge in [0.2, 0.25) is 11.7 Å². The number of aromatic carboxylic acids is 1. The van der Waals surface area contributed by atoms with Crippen molar-refractivity contribution in [1.82, 2.24) is 10.1 Å². The van der Waals surface area contributed by atoms with Gasteiger partial charge in [-0.25, -0.2) is 4.79 Å². The number of carboxylic acid groups (broad SMARTS) is 1. The number of hydrogen-bond acceptors (Lipinski definition) is 6. The van der Waals surface area contributed by atoms with Crippen LogP contribution in [0.5, 0.6) is 11.5 Å². The van der Waals surface area contributed by atoms with Crippen LogP contribution in [-0.4, -0.2) is 28.3 Å². The largest absolute Gasteiger partial charge is 0.497 e. The average Bonchev–Trinajstić information content (AvgIpc) is 3.08. The van der Waals surface area contributed by atoms with E-state index in [4.69, 9.17) is 19.1 Å². The lowest BCUT2D eigenvalue weighted by Gasteiger charge is -2.04. The minimum Gasteiger partial charge on any atom is -0.497 e. The molecule has 0 saturated carbocycles. The van der Waals surface area contributed by atoms with Gasteiger partial charge in [-0.3, -0.25) is 0 Å². The first-order valence-electron chi connectivity index (χ1n) is 7.54. The highest BCUT2D eigenvalue weighted by atomic mass is 16.5. The summed E-state index contributed by atoms with van der Waals surface area (Å²) >= 11 is 0. The van der Waals surface area contributed by atoms with Gasteiger partial charge in [0.25, 0.3) is 0 Å². The summed E-state index contributed by atoms with van der Waals surface area (Å²) < 4.78 is 15.9. The molecule has 1 aromatic heterocycles. The fourth-order valence-corrected chi connectivity index (χ4v) is 2.23. The van der Waals surface area contributed by atoms with E-state index in [1.54, 1.807) is 43.5 Å². The van der Waals surface area contributed by atoms with Gasteiger partial charge < -0.3 is 19.1 Å². The van der Waals surface area contributed by atoms with E-state index in [0.717, 1.165) is 11.3 Å². The maximum absolute atomic E-state index is 11.0. The van der Waals surface area contributed by atoms with E-state index in [1.165, 1.54) is 6.07 Å². The van der Waals surface area contributed by atoms with Gasteiger partial charge >= 0.3 is 5.97 Å². The monoisotopic (exact) mass is 340 g/mol. The van der Waals surface area contributed by atoms with Crippen LogP contribution in [0.4, 0.5) is 0 Å². The molecule has 25 heavy (non-hydrogen) atoms. The summed E-state index contributed by atoms with van der Waals surface area (Å²) in [5.41, 5.74) is 1.01. The second-order valence-corrected chi connectivity index (χ2v) is 5.25. The van der Waals surface area contributed by atoms with Gasteiger partial charge in [0.05, 0.1) is 19.1 Å². The highest BCUT2D eigenvalue weighted by molar-refractivity contribution is 5.87. The van der Waals surface area contributed by atoms with Crippen LogP contribution in [-0.2, 0) is 13.0 Å². The fourth-order valence-electron chi connectivity index (χ4n) is 2.23. The first-order valence-corrected chi connectivity index (χ1v) is 7.54. The van der Waals surface area contributed by atoms with Gasteiger partial charge in [-0.2, -0.15) is 4.98 Å². The Bertz CT molecular complexity index is 858. The summed E-state index contributed by atoms with van der Waals surface area (Å²) in [7, 11) is 1.60. The lowest BCUT2D eigenvalue weighted by atomic mass is 10.1. The van der Waals surface area contributed by atoms with Crippen molar-refractivity contribution in [2.45, 2.75) is 13.0 Å². The van der Waals surface area contributed by atoms with Crippen molar-refractivity contribution in [2.24, 2.45) is 0 Å². The first kappa shape index (κ1) is 16.5. The van der Waals surface area contributed by atoms with Gasteiger partial charge in [0, 0.05) is 0 Å². The highest BCUT2D eigenvalue weighted by Gasteiger charge is 2.10. The van der Waals surface area contributed by atoms with Gasteiger partial charge in [0.1, 0.15) is 11.5 Å². The standard InChI is InChI=1S/C18H16N2O5/c1-23-14-5-7-15(8-6-14)24-11-16-19-17(25-20-16)10-12-3-2-4-13(9-12)18(21)22/h2-9H,10-11H2,1H3,(H,21,22). The van der Waals surface area contributed by atoms with Crippen molar-refractivity contribution >= 4 is 5.97 Å². The van der Waals surface area contributed by atoms with Crippen molar-refractivity contribution in [3.63, 3.8) is 0 Å². The third-order valence-electron chi connectivity index (χ3n) is 3.47. The number of ether oxygens (including phenoxy) is 2. The Morgan fingerprint density at radius 1 is 1.16 bits per heavy atom. The maximum Gasteiger partial charge on any atom is 0.335 e. The lowest BCUT2D eigenvalue weighted by Crippen LogP contribution is -1.99. The molecule has 0 aliphatic carbocycles. The van der Waals surface area contributed by atoms with E-state index < -0.39 is 5.97 Å². The van der Waals surface area contributed by atoms with Crippen LogP contribution >= 0.6 is 0 Å². The van der Waals surface area contributed by atoms with Gasteiger partial charge in [0.15, 0.2) is 6.61 Å². The van der Waals surface area contributed by atoms with E-state index in [9.17, 15) is 4.79 Å². The maximum atomic E-state index is 11.0. The number of aromatic nitrogens is 2. The zero-order valence-corrected chi connectivity index (χ0v) is 13.5. The molecule has 0 bridgehead atoms. The van der Waals surface area contributed by atoms with Crippen molar-refractivity contribution in [3.8, 4) is 11.5 Å². The summed E-state index contributed by atoms with van der Waals surface area (Å²) in [4.78, 5) is 15.2. The minimum atomic E-state index is -0.971. The molecule has 0 unspecified atom stereocenters. The van der Waals surface area contributed by atoms with E-state index in [1.807, 2.05) is 6.07 Å². The van der Waals surface area contributed by atoms with Crippen LogP contribution < -0.4 is 9.47 Å². The van der Waals surface area contributed by atoms with E-state index in [2.05, 4.69) is 10.1 Å². The number of nitrogens with zero attached hydrogens (tertiary/aromatic N) is 2. The van der Waals surface area contributed by atoms with Gasteiger partial charge in [-0.05, 0) is 42.0 Å². The van der Waals surface area contributed by atoms with Crippen LogP contribution in [0.15, 0.2) is 53.1 Å². The second-order valence-electron chi connectivity index (χ2n) is 5.25. The normalized spacial score (nSPS) is 10.4. The van der Waals surface area contributed by atoms with E-state index in [0.29, 0.717) is 23.9 Å². The molecular weight excluding hydrogens is 324 g/mol. The van der Waals surface area contributed by atoms with Crippen LogP contribution in [0.3, 0.4) is 0 Å². The Morgan fingerprint density at radius 3 is 2.64 bits per heavy atom. The Morgan fingerprint density at radius 2 is 1.92 bits per heavy atom. The molecule has 0 spiro atoms. The van der Waals surface area contributed by atoms with Gasteiger partial charge in [-0.1, -0.05) is 17.3 Å². The second kappa shape index (κ2) is 7.48. The fraction of sp³-hybridized carbons (Fsp3) is 0.167. The van der Waals surface area contributed by atoms with Gasteiger partial charge in [-0.15, -0.1) is 0 Å². The number of rotatable bonds is 7. The van der Waals surface area contributed by atoms with E-state index in [-0.39, 0.29) is 12.2 Å². The number of hydrogen-bond donors (Lipinski definition) is 1. The smallest absolute Gasteiger partial charge is 0.335 e. The first-order chi connectivity index (χ1) is 12.1. The van der Waals surface area contributed by atoms with Crippen molar-refractivity contribution < 1.29 is 23.9 Å². The molecule has 3 rings (SSSR count). The topological polar surface area (TPSA) is 94.7 Å². The molecule has 7 nitrogen and oxygen atoms in total. The lowest BCUT2D eigenvalue weighted by molar-refractivity contribution is 0.0696. The molecule has 1 heterocycles. The zero-order chi connectivity index (χ0) is 17.6.